The van der Waals surface area contributed by atoms with Crippen molar-refractivity contribution in [3.63, 3.8) is 0 Å². The van der Waals surface area contributed by atoms with Gasteiger partial charge >= 0.3 is 0 Å². The molecule has 2 aromatic heterocycles. The quantitative estimate of drug-likeness (QED) is 0.838. The predicted molar refractivity (Wildman–Crippen MR) is 77.4 cm³/mol. The standard InChI is InChI=1S/C15H18N4O3/c20-12-8-11(15(12)2-6-22-7-3-15)18-14(21)10-9-17-19-5-1-4-16-13(10)19/h1,4-5,9,11-12,20H,2-3,6-8H2,(H,18,21)/t11-,12-/m1/s1. The number of ether oxygens (including phenoxy) is 1. The Morgan fingerprint density at radius 1 is 1.45 bits per heavy atom. The van der Waals surface area contributed by atoms with Crippen molar-refractivity contribution in [2.75, 3.05) is 13.2 Å². The van der Waals surface area contributed by atoms with Gasteiger partial charge in [0.2, 0.25) is 0 Å². The Bertz CT molecular complexity index is 708. The number of rotatable bonds is 2. The molecule has 2 aliphatic rings. The molecule has 7 nitrogen and oxygen atoms in total. The van der Waals surface area contributed by atoms with E-state index in [0.29, 0.717) is 30.8 Å². The summed E-state index contributed by atoms with van der Waals surface area (Å²) in [6.45, 7) is 1.28. The van der Waals surface area contributed by atoms with Crippen LogP contribution in [0.2, 0.25) is 0 Å². The van der Waals surface area contributed by atoms with Crippen LogP contribution in [0.25, 0.3) is 5.65 Å². The Labute approximate surface area is 127 Å². The average molecular weight is 302 g/mol. The fraction of sp³-hybridized carbons (Fsp3) is 0.533. The lowest BCUT2D eigenvalue weighted by atomic mass is 9.58. The smallest absolute Gasteiger partial charge is 0.257 e. The summed E-state index contributed by atoms with van der Waals surface area (Å²) in [6.07, 6.45) is 6.73. The van der Waals surface area contributed by atoms with Crippen molar-refractivity contribution in [2.45, 2.75) is 31.4 Å². The van der Waals surface area contributed by atoms with E-state index in [2.05, 4.69) is 15.4 Å². The fourth-order valence-corrected chi connectivity index (χ4v) is 3.62. The number of fused-ring (bicyclic) bond motifs is 1. The summed E-state index contributed by atoms with van der Waals surface area (Å²) in [5.74, 6) is -0.184. The normalized spacial score (nSPS) is 26.8. The molecule has 0 bridgehead atoms. The number of hydrogen-bond donors (Lipinski definition) is 2. The molecular formula is C15H18N4O3. The summed E-state index contributed by atoms with van der Waals surface area (Å²) in [7, 11) is 0. The van der Waals surface area contributed by atoms with Crippen LogP contribution in [0.3, 0.4) is 0 Å². The molecule has 1 aliphatic carbocycles. The number of aliphatic hydroxyl groups is 1. The van der Waals surface area contributed by atoms with Gasteiger partial charge < -0.3 is 15.2 Å². The Morgan fingerprint density at radius 3 is 3.05 bits per heavy atom. The molecule has 1 aliphatic heterocycles. The molecule has 2 atom stereocenters. The molecule has 1 amide bonds. The molecule has 116 valence electrons. The zero-order valence-electron chi connectivity index (χ0n) is 12.1. The third-order valence-electron chi connectivity index (χ3n) is 5.07. The largest absolute Gasteiger partial charge is 0.392 e. The van der Waals surface area contributed by atoms with Crippen molar-refractivity contribution in [1.82, 2.24) is 19.9 Å². The van der Waals surface area contributed by atoms with E-state index in [9.17, 15) is 9.90 Å². The lowest BCUT2D eigenvalue weighted by Gasteiger charge is -2.55. The van der Waals surface area contributed by atoms with Crippen LogP contribution in [0.1, 0.15) is 29.6 Å². The molecule has 0 radical (unpaired) electrons. The minimum Gasteiger partial charge on any atom is -0.392 e. The summed E-state index contributed by atoms with van der Waals surface area (Å²) in [5, 5.41) is 17.4. The van der Waals surface area contributed by atoms with Crippen LogP contribution >= 0.6 is 0 Å². The summed E-state index contributed by atoms with van der Waals surface area (Å²) in [5.41, 5.74) is 0.773. The number of carbonyl (C=O) groups is 1. The lowest BCUT2D eigenvalue weighted by Crippen LogP contribution is -2.65. The number of aliphatic hydroxyl groups excluding tert-OH is 1. The van der Waals surface area contributed by atoms with E-state index in [1.807, 2.05) is 0 Å². The first-order chi connectivity index (χ1) is 10.7. The van der Waals surface area contributed by atoms with Gasteiger partial charge in [-0.05, 0) is 25.3 Å². The second kappa shape index (κ2) is 5.03. The first-order valence-electron chi connectivity index (χ1n) is 7.56. The molecule has 0 aromatic carbocycles. The maximum Gasteiger partial charge on any atom is 0.257 e. The molecule has 0 unspecified atom stereocenters. The topological polar surface area (TPSA) is 88.8 Å². The van der Waals surface area contributed by atoms with Crippen LogP contribution in [-0.4, -0.2) is 51.0 Å². The molecule has 2 fully saturated rings. The third-order valence-corrected chi connectivity index (χ3v) is 5.07. The Hall–Kier alpha value is -1.99. The highest BCUT2D eigenvalue weighted by atomic mass is 16.5. The first-order valence-corrected chi connectivity index (χ1v) is 7.56. The molecule has 22 heavy (non-hydrogen) atoms. The number of aromatic nitrogens is 3. The van der Waals surface area contributed by atoms with Crippen molar-refractivity contribution >= 4 is 11.6 Å². The molecule has 4 rings (SSSR count). The van der Waals surface area contributed by atoms with E-state index < -0.39 is 0 Å². The molecule has 2 N–H and O–H groups in total. The molecule has 2 aromatic rings. The van der Waals surface area contributed by atoms with Crippen molar-refractivity contribution in [3.05, 3.63) is 30.2 Å². The van der Waals surface area contributed by atoms with Gasteiger partial charge in [-0.1, -0.05) is 0 Å². The fourth-order valence-electron chi connectivity index (χ4n) is 3.62. The lowest BCUT2D eigenvalue weighted by molar-refractivity contribution is -0.145. The van der Waals surface area contributed by atoms with Gasteiger partial charge in [-0.25, -0.2) is 9.50 Å². The Balaban J connectivity index is 1.55. The molecule has 1 saturated heterocycles. The Kier molecular flexibility index (Phi) is 3.12. The number of nitrogens with zero attached hydrogens (tertiary/aromatic N) is 3. The van der Waals surface area contributed by atoms with Crippen LogP contribution in [0, 0.1) is 5.41 Å². The third kappa shape index (κ3) is 1.93. The van der Waals surface area contributed by atoms with Crippen LogP contribution in [0.5, 0.6) is 0 Å². The van der Waals surface area contributed by atoms with Gasteiger partial charge in [-0.2, -0.15) is 5.10 Å². The van der Waals surface area contributed by atoms with Crippen LogP contribution in [0.15, 0.2) is 24.7 Å². The van der Waals surface area contributed by atoms with Gasteiger partial charge in [0.15, 0.2) is 5.65 Å². The van der Waals surface area contributed by atoms with E-state index in [0.717, 1.165) is 12.8 Å². The van der Waals surface area contributed by atoms with Crippen molar-refractivity contribution in [3.8, 4) is 0 Å². The van der Waals surface area contributed by atoms with Gasteiger partial charge in [0.1, 0.15) is 5.56 Å². The van der Waals surface area contributed by atoms with E-state index in [1.54, 1.807) is 23.0 Å². The van der Waals surface area contributed by atoms with E-state index in [-0.39, 0.29) is 23.5 Å². The first kappa shape index (κ1) is 13.7. The number of carbonyl (C=O) groups excluding carboxylic acids is 1. The second-order valence-corrected chi connectivity index (χ2v) is 6.07. The summed E-state index contributed by atoms with van der Waals surface area (Å²) >= 11 is 0. The van der Waals surface area contributed by atoms with Gasteiger partial charge in [-0.3, -0.25) is 4.79 Å². The van der Waals surface area contributed by atoms with Gasteiger partial charge in [0, 0.05) is 37.1 Å². The number of hydrogen-bond acceptors (Lipinski definition) is 5. The summed E-state index contributed by atoms with van der Waals surface area (Å²) in [6, 6.07) is 1.75. The number of nitrogens with one attached hydrogen (secondary N) is 1. The zero-order chi connectivity index (χ0) is 15.2. The van der Waals surface area contributed by atoms with Gasteiger partial charge in [-0.15, -0.1) is 0 Å². The maximum atomic E-state index is 12.5. The van der Waals surface area contributed by atoms with Crippen molar-refractivity contribution in [1.29, 1.82) is 0 Å². The molecule has 1 saturated carbocycles. The molecule has 7 heteroatoms. The minimum atomic E-state index is -0.358. The second-order valence-electron chi connectivity index (χ2n) is 6.07. The predicted octanol–water partition coefficient (Wildman–Crippen LogP) is 0.389. The van der Waals surface area contributed by atoms with Crippen molar-refractivity contribution < 1.29 is 14.6 Å². The monoisotopic (exact) mass is 302 g/mol. The highest BCUT2D eigenvalue weighted by Crippen LogP contribution is 2.49. The minimum absolute atomic E-state index is 0.0161. The van der Waals surface area contributed by atoms with Crippen molar-refractivity contribution in [2.24, 2.45) is 5.41 Å². The highest BCUT2D eigenvalue weighted by Gasteiger charge is 2.55. The van der Waals surface area contributed by atoms with E-state index >= 15 is 0 Å². The highest BCUT2D eigenvalue weighted by molar-refractivity contribution is 5.99. The van der Waals surface area contributed by atoms with Crippen LogP contribution < -0.4 is 5.32 Å². The summed E-state index contributed by atoms with van der Waals surface area (Å²) < 4.78 is 6.96. The van der Waals surface area contributed by atoms with Crippen LogP contribution in [-0.2, 0) is 4.74 Å². The SMILES string of the molecule is O=C(N[C@@H]1C[C@@H](O)C12CCOCC2)c1cnn2cccnc12. The number of amides is 1. The van der Waals surface area contributed by atoms with Gasteiger partial charge in [0.25, 0.3) is 5.91 Å². The average Bonchev–Trinajstić information content (AvgIpc) is 2.99. The molecule has 1 spiro atoms. The molecule has 3 heterocycles. The van der Waals surface area contributed by atoms with E-state index in [4.69, 9.17) is 4.74 Å². The maximum absolute atomic E-state index is 12.5. The van der Waals surface area contributed by atoms with Crippen LogP contribution in [0.4, 0.5) is 0 Å². The summed E-state index contributed by atoms with van der Waals surface area (Å²) in [4.78, 5) is 16.7. The molecular weight excluding hydrogens is 284 g/mol. The Morgan fingerprint density at radius 2 is 2.27 bits per heavy atom. The van der Waals surface area contributed by atoms with Gasteiger partial charge in [0.05, 0.1) is 12.3 Å². The van der Waals surface area contributed by atoms with E-state index in [1.165, 1.54) is 6.20 Å². The zero-order valence-corrected chi connectivity index (χ0v) is 12.1.